The Morgan fingerprint density at radius 3 is 2.15 bits per heavy atom. The minimum Gasteiger partial charge on any atom is -0.392 e. The summed E-state index contributed by atoms with van der Waals surface area (Å²) in [5, 5.41) is 41.7. The minimum atomic E-state index is -2.48. The lowest BCUT2D eigenvalue weighted by Gasteiger charge is -2.29. The van der Waals surface area contributed by atoms with Crippen LogP contribution in [0.4, 0.5) is 0 Å². The molecule has 0 fully saturated rings. The smallest absolute Gasteiger partial charge is 0.190 e. The highest BCUT2D eigenvalue weighted by atomic mass is 35.5. The third-order valence-corrected chi connectivity index (χ3v) is 1.83. The zero-order valence-electron chi connectivity index (χ0n) is 6.54. The van der Waals surface area contributed by atoms with Gasteiger partial charge in [0.05, 0.1) is 6.61 Å². The third-order valence-electron chi connectivity index (χ3n) is 1.49. The molecule has 0 amide bonds. The molecule has 6 nitrogen and oxygen atoms in total. The maximum atomic E-state index is 9.96. The van der Waals surface area contributed by atoms with Gasteiger partial charge < -0.3 is 30.3 Å². The van der Waals surface area contributed by atoms with Crippen LogP contribution < -0.4 is 0 Å². The Morgan fingerprint density at radius 1 is 1.38 bits per heavy atom. The van der Waals surface area contributed by atoms with E-state index in [-0.39, 0.29) is 6.29 Å². The number of aliphatic hydroxyl groups excluding tert-OH is 4. The molecule has 0 aliphatic heterocycles. The first-order valence-corrected chi connectivity index (χ1v) is 3.76. The van der Waals surface area contributed by atoms with Crippen LogP contribution >= 0.6 is 11.6 Å². The lowest BCUT2D eigenvalue weighted by atomic mass is 10.0. The van der Waals surface area contributed by atoms with Gasteiger partial charge in [-0.3, -0.25) is 0 Å². The average molecular weight is 215 g/mol. The molecule has 0 saturated carbocycles. The topological polar surface area (TPSA) is 118 Å². The molecule has 0 aromatic heterocycles. The molecule has 13 heavy (non-hydrogen) atoms. The second-order valence-corrected chi connectivity index (χ2v) is 3.19. The summed E-state index contributed by atoms with van der Waals surface area (Å²) in [5.74, 6) is 0. The third kappa shape index (κ3) is 3.18. The number of alkyl halides is 1. The Kier molecular flexibility index (Phi) is 4.76. The van der Waals surface area contributed by atoms with E-state index < -0.39 is 30.0 Å². The van der Waals surface area contributed by atoms with E-state index >= 15 is 0 Å². The quantitative estimate of drug-likeness (QED) is 0.249. The van der Waals surface area contributed by atoms with Gasteiger partial charge >= 0.3 is 0 Å². The molecule has 7 heteroatoms. The van der Waals surface area contributed by atoms with E-state index in [0.717, 1.165) is 0 Å². The van der Waals surface area contributed by atoms with Gasteiger partial charge in [-0.1, -0.05) is 11.6 Å². The number of hydrogen-bond acceptors (Lipinski definition) is 6. The lowest BCUT2D eigenvalue weighted by molar-refractivity contribution is -0.143. The molecule has 0 saturated heterocycles. The van der Waals surface area contributed by atoms with Gasteiger partial charge in [-0.2, -0.15) is 0 Å². The highest BCUT2D eigenvalue weighted by Crippen LogP contribution is 2.19. The zero-order chi connectivity index (χ0) is 10.6. The van der Waals surface area contributed by atoms with Gasteiger partial charge in [0.15, 0.2) is 11.3 Å². The van der Waals surface area contributed by atoms with Crippen LogP contribution in [0.3, 0.4) is 0 Å². The molecule has 4 atom stereocenters. The van der Waals surface area contributed by atoms with E-state index in [1.807, 2.05) is 0 Å². The first-order chi connectivity index (χ1) is 5.86. The van der Waals surface area contributed by atoms with Crippen LogP contribution in [0.1, 0.15) is 0 Å². The largest absolute Gasteiger partial charge is 0.392 e. The standard InChI is InChI=1S/C6H11ClO6/c7-6(13,2-9)5(12)4(11)3(10)1-8/h1,3-5,9-13H,2H2/t3-,4+,5-,6+/m0/s1. The summed E-state index contributed by atoms with van der Waals surface area (Å²) in [5.41, 5.74) is 0. The van der Waals surface area contributed by atoms with Gasteiger partial charge in [0.2, 0.25) is 0 Å². The monoisotopic (exact) mass is 214 g/mol. The van der Waals surface area contributed by atoms with Crippen LogP contribution in [0.5, 0.6) is 0 Å². The van der Waals surface area contributed by atoms with E-state index in [1.165, 1.54) is 0 Å². The van der Waals surface area contributed by atoms with Crippen molar-refractivity contribution in [2.45, 2.75) is 23.4 Å². The van der Waals surface area contributed by atoms with Crippen LogP contribution in [0.25, 0.3) is 0 Å². The van der Waals surface area contributed by atoms with E-state index in [4.69, 9.17) is 37.1 Å². The summed E-state index contributed by atoms with van der Waals surface area (Å²) in [4.78, 5) is 9.96. The van der Waals surface area contributed by atoms with E-state index in [2.05, 4.69) is 0 Å². The highest BCUT2D eigenvalue weighted by Gasteiger charge is 2.40. The number of carbonyl (C=O) groups excluding carboxylic acids is 1. The van der Waals surface area contributed by atoms with Gasteiger partial charge in [0.25, 0.3) is 0 Å². The van der Waals surface area contributed by atoms with Crippen LogP contribution in [0.15, 0.2) is 0 Å². The lowest BCUT2D eigenvalue weighted by Crippen LogP contribution is -2.52. The molecule has 0 spiro atoms. The molecule has 0 bridgehead atoms. The fourth-order valence-electron chi connectivity index (χ4n) is 0.622. The Balaban J connectivity index is 4.40. The number of aldehydes is 1. The molecule has 0 unspecified atom stereocenters. The minimum absolute atomic E-state index is 0.0295. The van der Waals surface area contributed by atoms with Crippen molar-refractivity contribution in [3.63, 3.8) is 0 Å². The van der Waals surface area contributed by atoms with E-state index in [9.17, 15) is 4.79 Å². The predicted octanol–water partition coefficient (Wildman–Crippen LogP) is -2.81. The summed E-state index contributed by atoms with van der Waals surface area (Å²) >= 11 is 5.14. The second-order valence-electron chi connectivity index (χ2n) is 2.54. The summed E-state index contributed by atoms with van der Waals surface area (Å²) in [7, 11) is 0. The fourth-order valence-corrected chi connectivity index (χ4v) is 0.752. The van der Waals surface area contributed by atoms with Gasteiger partial charge in [0, 0.05) is 0 Å². The Morgan fingerprint density at radius 2 is 1.85 bits per heavy atom. The zero-order valence-corrected chi connectivity index (χ0v) is 7.29. The summed E-state index contributed by atoms with van der Waals surface area (Å²) in [6.07, 6.45) is -5.88. The van der Waals surface area contributed by atoms with Crippen LogP contribution in [0.2, 0.25) is 0 Å². The molecular formula is C6H11ClO6. The molecule has 5 N–H and O–H groups in total. The van der Waals surface area contributed by atoms with Gasteiger partial charge in [0.1, 0.15) is 18.3 Å². The molecule has 0 aromatic rings. The van der Waals surface area contributed by atoms with Crippen LogP contribution in [-0.2, 0) is 4.79 Å². The number of aliphatic hydroxyl groups is 5. The number of hydrogen-bond donors (Lipinski definition) is 5. The summed E-state index contributed by atoms with van der Waals surface area (Å²) < 4.78 is 0. The van der Waals surface area contributed by atoms with Crippen molar-refractivity contribution in [2.75, 3.05) is 6.61 Å². The average Bonchev–Trinajstić information content (AvgIpc) is 2.14. The second kappa shape index (κ2) is 4.85. The number of rotatable bonds is 5. The molecule has 78 valence electrons. The maximum Gasteiger partial charge on any atom is 0.190 e. The van der Waals surface area contributed by atoms with Crippen molar-refractivity contribution >= 4 is 17.9 Å². The van der Waals surface area contributed by atoms with Gasteiger partial charge in [-0.05, 0) is 0 Å². The van der Waals surface area contributed by atoms with Gasteiger partial charge in [-0.25, -0.2) is 0 Å². The molecular weight excluding hydrogens is 204 g/mol. The Labute approximate surface area is 79.0 Å². The predicted molar refractivity (Wildman–Crippen MR) is 42.0 cm³/mol. The normalized spacial score (nSPS) is 22.9. The van der Waals surface area contributed by atoms with Crippen LogP contribution in [-0.4, -0.2) is 61.8 Å². The Bertz CT molecular complexity index is 173. The first kappa shape index (κ1) is 12.8. The number of carbonyl (C=O) groups is 1. The molecule has 0 aliphatic carbocycles. The highest BCUT2D eigenvalue weighted by molar-refractivity contribution is 6.23. The molecule has 0 rings (SSSR count). The summed E-state index contributed by atoms with van der Waals surface area (Å²) in [6, 6.07) is 0. The van der Waals surface area contributed by atoms with E-state index in [0.29, 0.717) is 0 Å². The van der Waals surface area contributed by atoms with Gasteiger partial charge in [-0.15, -0.1) is 0 Å². The maximum absolute atomic E-state index is 9.96. The SMILES string of the molecule is O=C[C@H](O)[C@@H](O)[C@H](O)[C@@](O)(Cl)CO. The molecule has 0 aliphatic rings. The fraction of sp³-hybridized carbons (Fsp3) is 0.833. The summed E-state index contributed by atoms with van der Waals surface area (Å²) in [6.45, 7) is -1.03. The number of halogens is 1. The van der Waals surface area contributed by atoms with Crippen molar-refractivity contribution in [2.24, 2.45) is 0 Å². The van der Waals surface area contributed by atoms with E-state index in [1.54, 1.807) is 0 Å². The van der Waals surface area contributed by atoms with Crippen molar-refractivity contribution in [3.05, 3.63) is 0 Å². The van der Waals surface area contributed by atoms with Crippen molar-refractivity contribution < 1.29 is 30.3 Å². The Hall–Kier alpha value is -0.240. The first-order valence-electron chi connectivity index (χ1n) is 3.38. The molecule has 0 aromatic carbocycles. The van der Waals surface area contributed by atoms with Crippen molar-refractivity contribution in [1.82, 2.24) is 0 Å². The van der Waals surface area contributed by atoms with Crippen molar-refractivity contribution in [3.8, 4) is 0 Å². The molecule has 0 radical (unpaired) electrons. The molecule has 0 heterocycles. The van der Waals surface area contributed by atoms with Crippen molar-refractivity contribution in [1.29, 1.82) is 0 Å². The van der Waals surface area contributed by atoms with Crippen LogP contribution in [0, 0.1) is 0 Å².